The zero-order valence-corrected chi connectivity index (χ0v) is 26.8. The van der Waals surface area contributed by atoms with Gasteiger partial charge in [0.25, 0.3) is 0 Å². The van der Waals surface area contributed by atoms with Crippen molar-refractivity contribution in [2.75, 3.05) is 20.8 Å². The van der Waals surface area contributed by atoms with Gasteiger partial charge in [-0.2, -0.15) is 0 Å². The molecule has 5 heterocycles. The molecule has 2 aliphatic rings. The maximum Gasteiger partial charge on any atom is 0.305 e. The normalized spacial score (nSPS) is 13.0. The van der Waals surface area contributed by atoms with E-state index < -0.39 is 0 Å². The van der Waals surface area contributed by atoms with Crippen LogP contribution in [0.3, 0.4) is 0 Å². The summed E-state index contributed by atoms with van der Waals surface area (Å²) in [7, 11) is 2.78. The second-order valence-electron chi connectivity index (χ2n) is 11.4. The predicted octanol–water partition coefficient (Wildman–Crippen LogP) is 6.88. The SMILES string of the molecule is C=Cc1c(C)c2cc3[nH]c(cc4nc(cc5nc(cc1[nH]2)C(C)=C5CCC(=O)OC)C(CCC(=O)OC)=C4C)c(C)c3CCO. The van der Waals surface area contributed by atoms with E-state index in [1.165, 1.54) is 14.2 Å². The van der Waals surface area contributed by atoms with Crippen molar-refractivity contribution >= 4 is 62.4 Å². The van der Waals surface area contributed by atoms with Crippen molar-refractivity contribution in [1.29, 1.82) is 0 Å². The minimum absolute atomic E-state index is 0.0203. The number of aromatic amines is 2. The summed E-state index contributed by atoms with van der Waals surface area (Å²) in [6.45, 7) is 12.2. The molecule has 0 unspecified atom stereocenters. The fraction of sp³-hybridized carbons (Fsp3) is 0.333. The number of rotatable bonds is 9. The lowest BCUT2D eigenvalue weighted by Crippen LogP contribution is -2.01. The van der Waals surface area contributed by atoms with Gasteiger partial charge in [-0.1, -0.05) is 12.7 Å². The van der Waals surface area contributed by atoms with E-state index in [0.29, 0.717) is 19.3 Å². The number of allylic oxidation sites excluding steroid dienone is 4. The van der Waals surface area contributed by atoms with Crippen molar-refractivity contribution in [2.45, 2.75) is 59.8 Å². The third-order valence-electron chi connectivity index (χ3n) is 8.90. The van der Waals surface area contributed by atoms with Gasteiger partial charge in [0.1, 0.15) is 0 Å². The number of aryl methyl sites for hydroxylation is 2. The number of nitrogens with one attached hydrogen (secondary N) is 2. The smallest absolute Gasteiger partial charge is 0.305 e. The van der Waals surface area contributed by atoms with E-state index in [9.17, 15) is 14.7 Å². The Kier molecular flexibility index (Phi) is 9.20. The summed E-state index contributed by atoms with van der Waals surface area (Å²) in [6.07, 6.45) is 3.67. The second kappa shape index (κ2) is 13.1. The number of methoxy groups -OCH3 is 2. The molecule has 0 fully saturated rings. The number of ether oxygens (including phenoxy) is 2. The Morgan fingerprint density at radius 1 is 0.733 bits per heavy atom. The quantitative estimate of drug-likeness (QED) is 0.226. The minimum Gasteiger partial charge on any atom is -0.469 e. The van der Waals surface area contributed by atoms with Gasteiger partial charge in [0.2, 0.25) is 0 Å². The molecular weight excluding hydrogens is 568 g/mol. The highest BCUT2D eigenvalue weighted by atomic mass is 16.5. The first kappa shape index (κ1) is 31.7. The maximum atomic E-state index is 12.2. The molecule has 9 nitrogen and oxygen atoms in total. The van der Waals surface area contributed by atoms with E-state index in [1.54, 1.807) is 0 Å². The molecule has 0 atom stereocenters. The van der Waals surface area contributed by atoms with Crippen LogP contribution in [0, 0.1) is 13.8 Å². The maximum absolute atomic E-state index is 12.2. The van der Waals surface area contributed by atoms with Crippen LogP contribution in [0.2, 0.25) is 0 Å². The van der Waals surface area contributed by atoms with E-state index in [-0.39, 0.29) is 31.4 Å². The molecule has 0 aromatic carbocycles. The molecule has 5 rings (SSSR count). The lowest BCUT2D eigenvalue weighted by molar-refractivity contribution is -0.141. The van der Waals surface area contributed by atoms with E-state index in [4.69, 9.17) is 19.4 Å². The molecule has 2 aliphatic heterocycles. The van der Waals surface area contributed by atoms with Gasteiger partial charge < -0.3 is 24.5 Å². The second-order valence-corrected chi connectivity index (χ2v) is 11.4. The molecule has 45 heavy (non-hydrogen) atoms. The van der Waals surface area contributed by atoms with Gasteiger partial charge in [0.05, 0.1) is 37.0 Å². The van der Waals surface area contributed by atoms with Crippen LogP contribution in [-0.4, -0.2) is 57.8 Å². The average Bonchev–Trinajstić information content (AvgIpc) is 3.68. The molecule has 0 aliphatic carbocycles. The van der Waals surface area contributed by atoms with Gasteiger partial charge in [0.15, 0.2) is 0 Å². The molecule has 8 bridgehead atoms. The van der Waals surface area contributed by atoms with Crippen molar-refractivity contribution in [2.24, 2.45) is 0 Å². The van der Waals surface area contributed by atoms with Crippen molar-refractivity contribution in [3.8, 4) is 0 Å². The zero-order chi connectivity index (χ0) is 32.4. The molecule has 3 aromatic heterocycles. The van der Waals surface area contributed by atoms with Crippen LogP contribution in [0.15, 0.2) is 30.8 Å². The first-order valence-corrected chi connectivity index (χ1v) is 15.1. The lowest BCUT2D eigenvalue weighted by atomic mass is 9.98. The Bertz CT molecular complexity index is 1940. The molecule has 9 heteroatoms. The summed E-state index contributed by atoms with van der Waals surface area (Å²) < 4.78 is 9.88. The number of carbonyl (C=O) groups excluding carboxylic acids is 2. The van der Waals surface area contributed by atoms with Gasteiger partial charge in [-0.15, -0.1) is 0 Å². The van der Waals surface area contributed by atoms with Crippen molar-refractivity contribution in [1.82, 2.24) is 19.9 Å². The number of nitrogens with zero attached hydrogens (tertiary/aromatic N) is 2. The van der Waals surface area contributed by atoms with Crippen LogP contribution in [0.1, 0.15) is 84.6 Å². The summed E-state index contributed by atoms with van der Waals surface area (Å²) in [5.41, 5.74) is 14.5. The van der Waals surface area contributed by atoms with Gasteiger partial charge >= 0.3 is 11.9 Å². The fourth-order valence-corrected chi connectivity index (χ4v) is 6.17. The highest BCUT2D eigenvalue weighted by molar-refractivity contribution is 5.97. The average molecular weight is 609 g/mol. The Hall–Kier alpha value is -4.76. The molecule has 234 valence electrons. The zero-order valence-electron chi connectivity index (χ0n) is 26.8. The summed E-state index contributed by atoms with van der Waals surface area (Å²) >= 11 is 0. The molecular formula is C36H40N4O5. The molecule has 0 saturated carbocycles. The molecule has 0 saturated heterocycles. The minimum atomic E-state index is -0.295. The third kappa shape index (κ3) is 6.13. The lowest BCUT2D eigenvalue weighted by Gasteiger charge is -2.06. The van der Waals surface area contributed by atoms with Gasteiger partial charge in [0, 0.05) is 47.1 Å². The first-order valence-electron chi connectivity index (χ1n) is 15.1. The number of aliphatic hydroxyl groups is 1. The van der Waals surface area contributed by atoms with Crippen LogP contribution in [0.5, 0.6) is 0 Å². The highest BCUT2D eigenvalue weighted by Gasteiger charge is 2.23. The molecule has 0 amide bonds. The summed E-state index contributed by atoms with van der Waals surface area (Å²) in [6, 6.07) is 8.07. The third-order valence-corrected chi connectivity index (χ3v) is 8.90. The van der Waals surface area contributed by atoms with E-state index in [1.807, 2.05) is 45.0 Å². The Morgan fingerprint density at radius 3 is 1.76 bits per heavy atom. The predicted molar refractivity (Wildman–Crippen MR) is 179 cm³/mol. The number of fused-ring (bicyclic) bond motifs is 8. The monoisotopic (exact) mass is 608 g/mol. The van der Waals surface area contributed by atoms with Crippen LogP contribution >= 0.6 is 0 Å². The topological polar surface area (TPSA) is 130 Å². The largest absolute Gasteiger partial charge is 0.469 e. The number of hydrogen-bond acceptors (Lipinski definition) is 7. The Morgan fingerprint density at radius 2 is 1.24 bits per heavy atom. The van der Waals surface area contributed by atoms with Crippen molar-refractivity contribution in [3.63, 3.8) is 0 Å². The van der Waals surface area contributed by atoms with Crippen LogP contribution < -0.4 is 0 Å². The standard InChI is InChI=1S/C36H40N4O5/c1-8-23-19(2)29-17-32-26(13-14-41)22(5)28(38-32)15-27-20(3)24(9-11-35(42)44-6)33(39-27)18-34-25(10-12-36(43)45-7)21(4)30(40-34)16-31(23)37-29/h8,15-18,37-38,41H,1,9-14H2,2-7H3. The van der Waals surface area contributed by atoms with Gasteiger partial charge in [-0.25, -0.2) is 9.97 Å². The van der Waals surface area contributed by atoms with Crippen LogP contribution in [0.4, 0.5) is 0 Å². The number of H-pyrrole nitrogens is 2. The Labute approximate surface area is 262 Å². The number of carbonyl (C=O) groups is 2. The summed E-state index contributed by atoms with van der Waals surface area (Å²) in [5.74, 6) is -0.588. The summed E-state index contributed by atoms with van der Waals surface area (Å²) in [4.78, 5) is 41.6. The van der Waals surface area contributed by atoms with Gasteiger partial charge in [-0.05, 0) is 110 Å². The van der Waals surface area contributed by atoms with Gasteiger partial charge in [-0.3, -0.25) is 9.59 Å². The van der Waals surface area contributed by atoms with E-state index in [0.717, 1.165) is 89.4 Å². The van der Waals surface area contributed by atoms with Crippen LogP contribution in [0.25, 0.3) is 50.4 Å². The van der Waals surface area contributed by atoms with E-state index in [2.05, 4.69) is 29.5 Å². The molecule has 3 aromatic rings. The fourth-order valence-electron chi connectivity index (χ4n) is 6.17. The Balaban J connectivity index is 1.89. The van der Waals surface area contributed by atoms with Crippen molar-refractivity contribution in [3.05, 3.63) is 75.9 Å². The molecule has 0 radical (unpaired) electrons. The molecule has 3 N–H and O–H groups in total. The van der Waals surface area contributed by atoms with Crippen LogP contribution in [-0.2, 0) is 25.5 Å². The first-order chi connectivity index (χ1) is 21.6. The number of esters is 2. The van der Waals surface area contributed by atoms with E-state index >= 15 is 0 Å². The number of hydrogen-bond donors (Lipinski definition) is 3. The number of aromatic nitrogens is 4. The summed E-state index contributed by atoms with van der Waals surface area (Å²) in [5, 5.41) is 9.92. The molecule has 0 spiro atoms. The van der Waals surface area contributed by atoms with Crippen molar-refractivity contribution < 1.29 is 24.2 Å². The number of aliphatic hydroxyl groups excluding tert-OH is 1. The highest BCUT2D eigenvalue weighted by Crippen LogP contribution is 2.38.